The zero-order valence-electron chi connectivity index (χ0n) is 26.4. The molecule has 1 aliphatic carbocycles. The van der Waals surface area contributed by atoms with Crippen LogP contribution in [0.15, 0.2) is 84.9 Å². The summed E-state index contributed by atoms with van der Waals surface area (Å²) in [4.78, 5) is 51.1. The zero-order valence-corrected chi connectivity index (χ0v) is 26.4. The summed E-state index contributed by atoms with van der Waals surface area (Å²) >= 11 is 0. The third-order valence-electron chi connectivity index (χ3n) is 7.53. The molecule has 4 aromatic carbocycles. The molecule has 0 atom stereocenters. The predicted molar refractivity (Wildman–Crippen MR) is 180 cm³/mol. The minimum Gasteiger partial charge on any atom is -0.326 e. The summed E-state index contributed by atoms with van der Waals surface area (Å²) in [5.41, 5.74) is 6.34. The topological polar surface area (TPSA) is 116 Å². The minimum atomic E-state index is -0.558. The molecule has 1 aliphatic rings. The van der Waals surface area contributed by atoms with Crippen LogP contribution in [0.25, 0.3) is 11.1 Å². The van der Waals surface area contributed by atoms with E-state index in [2.05, 4.69) is 21.3 Å². The summed E-state index contributed by atoms with van der Waals surface area (Å²) < 4.78 is 0. The number of hydrogen-bond donors (Lipinski definition) is 4. The molecule has 0 saturated heterocycles. The SMILES string of the molecule is CC(C)(C)C(=O)Nc1cccc(C(=O)Nc2ccc3c(c2)-c2cc(NC(=O)c4cccc(NC(=O)C(C)(C)C)c4)ccc2C3)c1. The first-order chi connectivity index (χ1) is 21.2. The maximum absolute atomic E-state index is 13.1. The van der Waals surface area contributed by atoms with E-state index in [4.69, 9.17) is 0 Å². The lowest BCUT2D eigenvalue weighted by Gasteiger charge is -2.18. The van der Waals surface area contributed by atoms with Gasteiger partial charge in [-0.25, -0.2) is 0 Å². The fourth-order valence-electron chi connectivity index (χ4n) is 4.84. The average Bonchev–Trinajstić information content (AvgIpc) is 3.33. The summed E-state index contributed by atoms with van der Waals surface area (Å²) in [6.45, 7) is 11.0. The number of amides is 4. The molecular formula is C37H38N4O4. The van der Waals surface area contributed by atoms with E-state index in [0.717, 1.165) is 28.7 Å². The summed E-state index contributed by atoms with van der Waals surface area (Å²) in [7, 11) is 0. The van der Waals surface area contributed by atoms with Gasteiger partial charge < -0.3 is 21.3 Å². The number of fused-ring (bicyclic) bond motifs is 3. The Kier molecular flexibility index (Phi) is 8.34. The molecule has 8 heteroatoms. The first-order valence-corrected chi connectivity index (χ1v) is 14.9. The number of carbonyl (C=O) groups excluding carboxylic acids is 4. The van der Waals surface area contributed by atoms with Gasteiger partial charge in [0, 0.05) is 44.7 Å². The normalized spacial score (nSPS) is 12.0. The van der Waals surface area contributed by atoms with Crippen LogP contribution in [0.1, 0.15) is 73.4 Å². The van der Waals surface area contributed by atoms with Crippen molar-refractivity contribution in [1.82, 2.24) is 0 Å². The van der Waals surface area contributed by atoms with Crippen LogP contribution in [-0.4, -0.2) is 23.6 Å². The molecule has 45 heavy (non-hydrogen) atoms. The van der Waals surface area contributed by atoms with E-state index in [-0.39, 0.29) is 23.6 Å². The highest BCUT2D eigenvalue weighted by Gasteiger charge is 2.23. The van der Waals surface area contributed by atoms with Crippen molar-refractivity contribution in [2.24, 2.45) is 10.8 Å². The van der Waals surface area contributed by atoms with Gasteiger partial charge in [-0.15, -0.1) is 0 Å². The Balaban J connectivity index is 1.30. The van der Waals surface area contributed by atoms with Crippen molar-refractivity contribution in [1.29, 1.82) is 0 Å². The highest BCUT2D eigenvalue weighted by Crippen LogP contribution is 2.39. The van der Waals surface area contributed by atoms with Gasteiger partial charge in [-0.2, -0.15) is 0 Å². The second-order valence-corrected chi connectivity index (χ2v) is 13.4. The summed E-state index contributed by atoms with van der Waals surface area (Å²) in [6, 6.07) is 25.3. The van der Waals surface area contributed by atoms with E-state index in [1.165, 1.54) is 0 Å². The van der Waals surface area contributed by atoms with Gasteiger partial charge in [-0.3, -0.25) is 19.2 Å². The Morgan fingerprint density at radius 1 is 0.489 bits per heavy atom. The van der Waals surface area contributed by atoms with E-state index in [9.17, 15) is 19.2 Å². The van der Waals surface area contributed by atoms with Gasteiger partial charge in [0.25, 0.3) is 11.8 Å². The van der Waals surface area contributed by atoms with E-state index in [1.807, 2.05) is 77.9 Å². The van der Waals surface area contributed by atoms with Crippen LogP contribution in [0.5, 0.6) is 0 Å². The van der Waals surface area contributed by atoms with Crippen molar-refractivity contribution >= 4 is 46.4 Å². The van der Waals surface area contributed by atoms with Gasteiger partial charge in [-0.1, -0.05) is 65.8 Å². The van der Waals surface area contributed by atoms with Crippen LogP contribution in [0.4, 0.5) is 22.7 Å². The molecule has 0 unspecified atom stereocenters. The zero-order chi connectivity index (χ0) is 32.5. The standard InChI is InChI=1S/C37H38N4O4/c1-36(2,3)34(44)40-26-11-7-9-24(18-26)32(42)38-28-15-13-22-17-23-14-16-29(21-31(23)30(22)20-28)39-33(43)25-10-8-12-27(19-25)41-35(45)37(4,5)6/h7-16,18-21H,17H2,1-6H3,(H,38,42)(H,39,43)(H,40,44)(H,41,45). The van der Waals surface area contributed by atoms with Gasteiger partial charge in [0.2, 0.25) is 11.8 Å². The molecular weight excluding hydrogens is 564 g/mol. The Bertz CT molecular complexity index is 1700. The van der Waals surface area contributed by atoms with E-state index in [0.29, 0.717) is 33.9 Å². The number of hydrogen-bond acceptors (Lipinski definition) is 4. The lowest BCUT2D eigenvalue weighted by Crippen LogP contribution is -2.27. The third-order valence-corrected chi connectivity index (χ3v) is 7.53. The molecule has 4 aromatic rings. The first kappa shape index (κ1) is 31.2. The summed E-state index contributed by atoms with van der Waals surface area (Å²) in [5, 5.41) is 11.7. The predicted octanol–water partition coefficient (Wildman–Crippen LogP) is 7.73. The Hall–Kier alpha value is -5.24. The van der Waals surface area contributed by atoms with E-state index < -0.39 is 10.8 Å². The molecule has 4 N–H and O–H groups in total. The minimum absolute atomic E-state index is 0.133. The second kappa shape index (κ2) is 12.0. The molecule has 0 spiro atoms. The smallest absolute Gasteiger partial charge is 0.255 e. The highest BCUT2D eigenvalue weighted by molar-refractivity contribution is 6.07. The maximum atomic E-state index is 13.1. The molecule has 4 amide bonds. The number of benzene rings is 4. The molecule has 0 bridgehead atoms. The van der Waals surface area contributed by atoms with Crippen LogP contribution in [0.2, 0.25) is 0 Å². The van der Waals surface area contributed by atoms with Gasteiger partial charge in [-0.05, 0) is 89.3 Å². The average molecular weight is 603 g/mol. The lowest BCUT2D eigenvalue weighted by atomic mass is 9.95. The number of nitrogens with one attached hydrogen (secondary N) is 4. The monoisotopic (exact) mass is 602 g/mol. The van der Waals surface area contributed by atoms with E-state index >= 15 is 0 Å². The van der Waals surface area contributed by atoms with Crippen LogP contribution in [0, 0.1) is 10.8 Å². The molecule has 0 aromatic heterocycles. The molecule has 0 fully saturated rings. The van der Waals surface area contributed by atoms with Gasteiger partial charge in [0.1, 0.15) is 0 Å². The lowest BCUT2D eigenvalue weighted by molar-refractivity contribution is -0.123. The molecule has 0 aliphatic heterocycles. The fraction of sp³-hybridized carbons (Fsp3) is 0.243. The summed E-state index contributed by atoms with van der Waals surface area (Å²) in [6.07, 6.45) is 0.748. The van der Waals surface area contributed by atoms with Crippen molar-refractivity contribution in [2.75, 3.05) is 21.3 Å². The largest absolute Gasteiger partial charge is 0.326 e. The number of rotatable bonds is 6. The second-order valence-electron chi connectivity index (χ2n) is 13.4. The highest BCUT2D eigenvalue weighted by atomic mass is 16.2. The number of carbonyl (C=O) groups is 4. The van der Waals surface area contributed by atoms with Gasteiger partial charge in [0.15, 0.2) is 0 Å². The first-order valence-electron chi connectivity index (χ1n) is 14.9. The molecule has 0 radical (unpaired) electrons. The van der Waals surface area contributed by atoms with Crippen molar-refractivity contribution in [3.63, 3.8) is 0 Å². The van der Waals surface area contributed by atoms with Gasteiger partial charge >= 0.3 is 0 Å². The number of anilines is 4. The third kappa shape index (κ3) is 7.29. The fourth-order valence-corrected chi connectivity index (χ4v) is 4.84. The Labute approximate surface area is 263 Å². The Morgan fingerprint density at radius 2 is 0.867 bits per heavy atom. The molecule has 0 heterocycles. The van der Waals surface area contributed by atoms with E-state index in [1.54, 1.807) is 48.5 Å². The van der Waals surface area contributed by atoms with Crippen molar-refractivity contribution < 1.29 is 19.2 Å². The Morgan fingerprint density at radius 3 is 1.24 bits per heavy atom. The molecule has 0 saturated carbocycles. The van der Waals surface area contributed by atoms with Crippen LogP contribution < -0.4 is 21.3 Å². The maximum Gasteiger partial charge on any atom is 0.255 e. The molecule has 5 rings (SSSR count). The van der Waals surface area contributed by atoms with Crippen molar-refractivity contribution in [3.05, 3.63) is 107 Å². The van der Waals surface area contributed by atoms with Gasteiger partial charge in [0.05, 0.1) is 0 Å². The molecule has 230 valence electrons. The van der Waals surface area contributed by atoms with Crippen LogP contribution >= 0.6 is 0 Å². The van der Waals surface area contributed by atoms with Crippen LogP contribution in [-0.2, 0) is 16.0 Å². The van der Waals surface area contributed by atoms with Crippen molar-refractivity contribution in [3.8, 4) is 11.1 Å². The molecule has 8 nitrogen and oxygen atoms in total. The van der Waals surface area contributed by atoms with Crippen LogP contribution in [0.3, 0.4) is 0 Å². The summed E-state index contributed by atoms with van der Waals surface area (Å²) in [5.74, 6) is -0.846. The van der Waals surface area contributed by atoms with Crippen molar-refractivity contribution in [2.45, 2.75) is 48.0 Å². The quantitative estimate of drug-likeness (QED) is 0.159.